The van der Waals surface area contributed by atoms with Gasteiger partial charge in [0.15, 0.2) is 5.11 Å². The van der Waals surface area contributed by atoms with Gasteiger partial charge >= 0.3 is 0 Å². The molecule has 3 rings (SSSR count). The molecule has 0 bridgehead atoms. The van der Waals surface area contributed by atoms with Gasteiger partial charge in [-0.2, -0.15) is 0 Å². The van der Waals surface area contributed by atoms with Crippen LogP contribution in [0.5, 0.6) is 0 Å². The number of nitrogens with zero attached hydrogens (tertiary/aromatic N) is 1. The molecular formula is C23H23ClN2S. The number of anilines is 1. The highest BCUT2D eigenvalue weighted by Gasteiger charge is 2.12. The van der Waals surface area contributed by atoms with E-state index < -0.39 is 0 Å². The molecule has 2 nitrogen and oxygen atoms in total. The first-order valence-corrected chi connectivity index (χ1v) is 9.89. The number of rotatable bonds is 7. The first kappa shape index (κ1) is 19.4. The summed E-state index contributed by atoms with van der Waals surface area (Å²) in [5, 5.41) is 4.68. The largest absolute Gasteiger partial charge is 0.348 e. The second-order valence-electron chi connectivity index (χ2n) is 6.37. The average molecular weight is 395 g/mol. The van der Waals surface area contributed by atoms with Crippen molar-refractivity contribution in [1.82, 2.24) is 4.90 Å². The van der Waals surface area contributed by atoms with Crippen molar-refractivity contribution in [2.45, 2.75) is 12.8 Å². The SMILES string of the molecule is S=C(Nc1ccccc1Cl)N(CCc1ccccc1)CCc1ccccc1. The minimum Gasteiger partial charge on any atom is -0.348 e. The van der Waals surface area contributed by atoms with Gasteiger partial charge in [-0.1, -0.05) is 84.4 Å². The molecule has 0 aliphatic rings. The molecule has 0 spiro atoms. The molecule has 0 saturated carbocycles. The van der Waals surface area contributed by atoms with Gasteiger partial charge < -0.3 is 10.2 Å². The van der Waals surface area contributed by atoms with E-state index in [9.17, 15) is 0 Å². The molecule has 0 fully saturated rings. The van der Waals surface area contributed by atoms with Crippen molar-refractivity contribution in [3.63, 3.8) is 0 Å². The van der Waals surface area contributed by atoms with Crippen molar-refractivity contribution in [3.05, 3.63) is 101 Å². The lowest BCUT2D eigenvalue weighted by Crippen LogP contribution is -2.37. The Morgan fingerprint density at radius 2 is 1.22 bits per heavy atom. The molecule has 0 aromatic heterocycles. The van der Waals surface area contributed by atoms with Gasteiger partial charge in [-0.3, -0.25) is 0 Å². The highest BCUT2D eigenvalue weighted by atomic mass is 35.5. The van der Waals surface area contributed by atoms with Gasteiger partial charge in [0.2, 0.25) is 0 Å². The molecule has 0 aliphatic carbocycles. The Labute approximate surface area is 171 Å². The van der Waals surface area contributed by atoms with Gasteiger partial charge in [-0.05, 0) is 48.3 Å². The van der Waals surface area contributed by atoms with Crippen LogP contribution < -0.4 is 5.32 Å². The molecule has 3 aromatic rings. The number of benzene rings is 3. The topological polar surface area (TPSA) is 15.3 Å². The third-order valence-electron chi connectivity index (χ3n) is 4.43. The zero-order valence-corrected chi connectivity index (χ0v) is 16.7. The van der Waals surface area contributed by atoms with E-state index in [0.29, 0.717) is 10.1 Å². The van der Waals surface area contributed by atoms with Crippen LogP contribution >= 0.6 is 23.8 Å². The molecule has 4 heteroatoms. The van der Waals surface area contributed by atoms with Crippen LogP contribution in [0.15, 0.2) is 84.9 Å². The lowest BCUT2D eigenvalue weighted by atomic mass is 10.1. The van der Waals surface area contributed by atoms with Crippen LogP contribution in [-0.4, -0.2) is 23.1 Å². The standard InChI is InChI=1S/C23H23ClN2S/c24-21-13-7-8-14-22(21)25-23(27)26(17-15-19-9-3-1-4-10-19)18-16-20-11-5-2-6-12-20/h1-14H,15-18H2,(H,25,27). The summed E-state index contributed by atoms with van der Waals surface area (Å²) >= 11 is 12.0. The zero-order chi connectivity index (χ0) is 18.9. The summed E-state index contributed by atoms with van der Waals surface area (Å²) in [6.07, 6.45) is 1.89. The van der Waals surface area contributed by atoms with Crippen molar-refractivity contribution in [3.8, 4) is 0 Å². The molecule has 0 atom stereocenters. The van der Waals surface area contributed by atoms with Crippen LogP contribution in [0.1, 0.15) is 11.1 Å². The van der Waals surface area contributed by atoms with E-state index in [1.807, 2.05) is 36.4 Å². The summed E-state index contributed by atoms with van der Waals surface area (Å²) in [5.41, 5.74) is 3.46. The summed E-state index contributed by atoms with van der Waals surface area (Å²) in [4.78, 5) is 2.22. The molecule has 1 N–H and O–H groups in total. The number of nitrogens with one attached hydrogen (secondary N) is 1. The normalized spacial score (nSPS) is 10.4. The second kappa shape index (κ2) is 10.1. The van der Waals surface area contributed by atoms with Crippen molar-refractivity contribution in [2.75, 3.05) is 18.4 Å². The fraction of sp³-hybridized carbons (Fsp3) is 0.174. The second-order valence-corrected chi connectivity index (χ2v) is 7.16. The third kappa shape index (κ3) is 6.09. The van der Waals surface area contributed by atoms with E-state index in [4.69, 9.17) is 23.8 Å². The molecule has 0 heterocycles. The molecule has 0 unspecified atom stereocenters. The van der Waals surface area contributed by atoms with Crippen molar-refractivity contribution >= 4 is 34.6 Å². The fourth-order valence-corrected chi connectivity index (χ4v) is 3.36. The Bertz CT molecular complexity index is 809. The summed E-state index contributed by atoms with van der Waals surface area (Å²) < 4.78 is 0. The van der Waals surface area contributed by atoms with Gasteiger partial charge in [-0.15, -0.1) is 0 Å². The fourth-order valence-electron chi connectivity index (χ4n) is 2.89. The molecular weight excluding hydrogens is 372 g/mol. The predicted molar refractivity (Wildman–Crippen MR) is 120 cm³/mol. The van der Waals surface area contributed by atoms with Crippen LogP contribution in [0.4, 0.5) is 5.69 Å². The van der Waals surface area contributed by atoms with E-state index in [0.717, 1.165) is 31.6 Å². The van der Waals surface area contributed by atoms with Crippen LogP contribution in [0, 0.1) is 0 Å². The number of hydrogen-bond donors (Lipinski definition) is 1. The Kier molecular flexibility index (Phi) is 7.26. The Balaban J connectivity index is 1.67. The molecule has 0 aliphatic heterocycles. The minimum atomic E-state index is 0.672. The summed E-state index contributed by atoms with van der Waals surface area (Å²) in [6.45, 7) is 1.71. The van der Waals surface area contributed by atoms with Crippen molar-refractivity contribution in [1.29, 1.82) is 0 Å². The first-order chi connectivity index (χ1) is 13.2. The maximum atomic E-state index is 6.28. The molecule has 3 aromatic carbocycles. The Morgan fingerprint density at radius 1 is 0.741 bits per heavy atom. The number of thiocarbonyl (C=S) groups is 1. The van der Waals surface area contributed by atoms with Crippen LogP contribution in [-0.2, 0) is 12.8 Å². The smallest absolute Gasteiger partial charge is 0.173 e. The summed E-state index contributed by atoms with van der Waals surface area (Å²) in [5.74, 6) is 0. The first-order valence-electron chi connectivity index (χ1n) is 9.10. The molecule has 0 amide bonds. The minimum absolute atomic E-state index is 0.672. The number of hydrogen-bond acceptors (Lipinski definition) is 1. The predicted octanol–water partition coefficient (Wildman–Crippen LogP) is 5.82. The van der Waals surface area contributed by atoms with E-state index in [1.54, 1.807) is 0 Å². The van der Waals surface area contributed by atoms with Crippen LogP contribution in [0.2, 0.25) is 5.02 Å². The Morgan fingerprint density at radius 3 is 1.74 bits per heavy atom. The van der Waals surface area contributed by atoms with Gasteiger partial charge in [0.05, 0.1) is 10.7 Å². The quantitative estimate of drug-likeness (QED) is 0.508. The van der Waals surface area contributed by atoms with E-state index in [1.165, 1.54) is 11.1 Å². The summed E-state index contributed by atoms with van der Waals surface area (Å²) in [7, 11) is 0. The lowest BCUT2D eigenvalue weighted by Gasteiger charge is -2.26. The van der Waals surface area contributed by atoms with E-state index in [2.05, 4.69) is 58.7 Å². The maximum Gasteiger partial charge on any atom is 0.173 e. The highest BCUT2D eigenvalue weighted by molar-refractivity contribution is 7.80. The molecule has 27 heavy (non-hydrogen) atoms. The van der Waals surface area contributed by atoms with Gasteiger partial charge in [0, 0.05) is 13.1 Å². The van der Waals surface area contributed by atoms with Crippen molar-refractivity contribution in [2.24, 2.45) is 0 Å². The lowest BCUT2D eigenvalue weighted by molar-refractivity contribution is 0.432. The Hall–Kier alpha value is -2.36. The molecule has 0 saturated heterocycles. The van der Waals surface area contributed by atoms with Gasteiger partial charge in [-0.25, -0.2) is 0 Å². The van der Waals surface area contributed by atoms with E-state index in [-0.39, 0.29) is 0 Å². The van der Waals surface area contributed by atoms with Crippen LogP contribution in [0.3, 0.4) is 0 Å². The third-order valence-corrected chi connectivity index (χ3v) is 5.12. The highest BCUT2D eigenvalue weighted by Crippen LogP contribution is 2.21. The van der Waals surface area contributed by atoms with Gasteiger partial charge in [0.25, 0.3) is 0 Å². The monoisotopic (exact) mass is 394 g/mol. The van der Waals surface area contributed by atoms with E-state index >= 15 is 0 Å². The van der Waals surface area contributed by atoms with Gasteiger partial charge in [0.1, 0.15) is 0 Å². The average Bonchev–Trinajstić information content (AvgIpc) is 2.71. The zero-order valence-electron chi connectivity index (χ0n) is 15.1. The van der Waals surface area contributed by atoms with Crippen molar-refractivity contribution < 1.29 is 0 Å². The number of halogens is 1. The maximum absolute atomic E-state index is 6.28. The summed E-state index contributed by atoms with van der Waals surface area (Å²) in [6, 6.07) is 28.7. The molecule has 138 valence electrons. The number of para-hydroxylation sites is 1. The molecule has 0 radical (unpaired) electrons. The van der Waals surface area contributed by atoms with Crippen LogP contribution in [0.25, 0.3) is 0 Å².